The van der Waals surface area contributed by atoms with Crippen LogP contribution in [0, 0.1) is 0 Å². The zero-order valence-corrected chi connectivity index (χ0v) is 22.4. The van der Waals surface area contributed by atoms with E-state index >= 15 is 0 Å². The number of benzene rings is 6. The van der Waals surface area contributed by atoms with Crippen LogP contribution in [-0.2, 0) is 0 Å². The SMILES string of the molecule is c1ccc(-c2ccc(N(c3cccc(-c4ccc5c6c(cccc46)-c4ccccc4-5)c3)c3ccccn3)cc2)cc1. The van der Waals surface area contributed by atoms with Crippen LogP contribution in [0.4, 0.5) is 17.2 Å². The highest BCUT2D eigenvalue weighted by Crippen LogP contribution is 2.49. The first kappa shape index (κ1) is 23.4. The zero-order chi connectivity index (χ0) is 27.2. The molecule has 0 aliphatic heterocycles. The van der Waals surface area contributed by atoms with Crippen molar-refractivity contribution < 1.29 is 0 Å². The average Bonchev–Trinajstić information content (AvgIpc) is 3.38. The zero-order valence-electron chi connectivity index (χ0n) is 22.4. The highest BCUT2D eigenvalue weighted by atomic mass is 15.2. The first-order valence-electron chi connectivity index (χ1n) is 14.0. The van der Waals surface area contributed by atoms with Crippen molar-refractivity contribution >= 4 is 28.0 Å². The third kappa shape index (κ3) is 3.92. The normalized spacial score (nSPS) is 11.4. The van der Waals surface area contributed by atoms with Crippen molar-refractivity contribution in [3.63, 3.8) is 0 Å². The van der Waals surface area contributed by atoms with E-state index in [9.17, 15) is 0 Å². The highest BCUT2D eigenvalue weighted by Gasteiger charge is 2.22. The molecule has 6 aromatic carbocycles. The van der Waals surface area contributed by atoms with Crippen molar-refractivity contribution in [2.24, 2.45) is 0 Å². The Balaban J connectivity index is 1.25. The quantitative estimate of drug-likeness (QED) is 0.223. The Morgan fingerprint density at radius 2 is 1.02 bits per heavy atom. The van der Waals surface area contributed by atoms with E-state index in [1.807, 2.05) is 18.3 Å². The van der Waals surface area contributed by atoms with Crippen molar-refractivity contribution in [1.82, 2.24) is 4.98 Å². The van der Waals surface area contributed by atoms with Gasteiger partial charge in [-0.1, -0.05) is 115 Å². The van der Waals surface area contributed by atoms with E-state index in [-0.39, 0.29) is 0 Å². The molecule has 0 unspecified atom stereocenters. The summed E-state index contributed by atoms with van der Waals surface area (Å²) < 4.78 is 0. The fourth-order valence-electron chi connectivity index (χ4n) is 6.21. The molecule has 0 fully saturated rings. The molecule has 41 heavy (non-hydrogen) atoms. The number of rotatable bonds is 5. The van der Waals surface area contributed by atoms with Gasteiger partial charge in [0.2, 0.25) is 0 Å². The largest absolute Gasteiger partial charge is 0.295 e. The predicted molar refractivity (Wildman–Crippen MR) is 172 cm³/mol. The lowest BCUT2D eigenvalue weighted by Gasteiger charge is -2.25. The lowest BCUT2D eigenvalue weighted by atomic mass is 9.94. The molecule has 1 aromatic heterocycles. The van der Waals surface area contributed by atoms with Crippen molar-refractivity contribution in [2.75, 3.05) is 4.90 Å². The Morgan fingerprint density at radius 1 is 0.390 bits per heavy atom. The van der Waals surface area contributed by atoms with E-state index in [0.717, 1.165) is 17.2 Å². The van der Waals surface area contributed by atoms with Crippen LogP contribution in [0.1, 0.15) is 0 Å². The molecule has 0 amide bonds. The maximum Gasteiger partial charge on any atom is 0.137 e. The number of nitrogens with zero attached hydrogens (tertiary/aromatic N) is 2. The molecule has 0 radical (unpaired) electrons. The summed E-state index contributed by atoms with van der Waals surface area (Å²) in [6, 6.07) is 54.1. The Bertz CT molecular complexity index is 2000. The van der Waals surface area contributed by atoms with Crippen LogP contribution in [0.3, 0.4) is 0 Å². The molecule has 1 aliphatic carbocycles. The molecular formula is C39H26N2. The Hall–Kier alpha value is -5.47. The number of aromatic nitrogens is 1. The Kier molecular flexibility index (Phi) is 5.49. The summed E-state index contributed by atoms with van der Waals surface area (Å²) >= 11 is 0. The first-order chi connectivity index (χ1) is 20.3. The van der Waals surface area contributed by atoms with E-state index in [2.05, 4.69) is 144 Å². The second-order valence-electron chi connectivity index (χ2n) is 10.4. The summed E-state index contributed by atoms with van der Waals surface area (Å²) in [5.74, 6) is 0.882. The molecule has 0 saturated carbocycles. The molecule has 0 saturated heterocycles. The summed E-state index contributed by atoms with van der Waals surface area (Å²) in [6.07, 6.45) is 1.85. The number of anilines is 3. The van der Waals surface area contributed by atoms with Gasteiger partial charge >= 0.3 is 0 Å². The van der Waals surface area contributed by atoms with Crippen LogP contribution in [0.25, 0.3) is 55.3 Å². The topological polar surface area (TPSA) is 16.1 Å². The van der Waals surface area contributed by atoms with E-state index in [4.69, 9.17) is 4.98 Å². The molecule has 7 aromatic rings. The summed E-state index contributed by atoms with van der Waals surface area (Å²) in [5, 5.41) is 2.62. The summed E-state index contributed by atoms with van der Waals surface area (Å²) in [6.45, 7) is 0. The highest BCUT2D eigenvalue weighted by molar-refractivity contribution is 6.18. The van der Waals surface area contributed by atoms with Crippen LogP contribution in [-0.4, -0.2) is 4.98 Å². The van der Waals surface area contributed by atoms with E-state index < -0.39 is 0 Å². The van der Waals surface area contributed by atoms with Gasteiger partial charge in [-0.2, -0.15) is 0 Å². The fraction of sp³-hybridized carbons (Fsp3) is 0. The molecule has 1 aliphatic rings. The molecule has 2 heteroatoms. The molecule has 0 atom stereocenters. The molecule has 1 heterocycles. The van der Waals surface area contributed by atoms with Gasteiger partial charge in [-0.3, -0.25) is 4.90 Å². The van der Waals surface area contributed by atoms with Gasteiger partial charge in [0.15, 0.2) is 0 Å². The monoisotopic (exact) mass is 522 g/mol. The van der Waals surface area contributed by atoms with Gasteiger partial charge in [0.25, 0.3) is 0 Å². The maximum absolute atomic E-state index is 4.75. The molecule has 0 spiro atoms. The van der Waals surface area contributed by atoms with Gasteiger partial charge in [0.1, 0.15) is 5.82 Å². The van der Waals surface area contributed by atoms with Crippen LogP contribution in [0.5, 0.6) is 0 Å². The predicted octanol–water partition coefficient (Wildman–Crippen LogP) is 10.7. The number of hydrogen-bond acceptors (Lipinski definition) is 2. The van der Waals surface area contributed by atoms with Gasteiger partial charge in [-0.15, -0.1) is 0 Å². The minimum Gasteiger partial charge on any atom is -0.295 e. The van der Waals surface area contributed by atoms with Gasteiger partial charge in [-0.05, 0) is 91.7 Å². The lowest BCUT2D eigenvalue weighted by molar-refractivity contribution is 1.18. The maximum atomic E-state index is 4.75. The van der Waals surface area contributed by atoms with Gasteiger partial charge in [-0.25, -0.2) is 4.98 Å². The van der Waals surface area contributed by atoms with Gasteiger partial charge < -0.3 is 0 Å². The number of fused-ring (bicyclic) bond motifs is 3. The van der Waals surface area contributed by atoms with Crippen molar-refractivity contribution in [1.29, 1.82) is 0 Å². The van der Waals surface area contributed by atoms with Gasteiger partial charge in [0, 0.05) is 17.6 Å². The first-order valence-corrected chi connectivity index (χ1v) is 14.0. The minimum atomic E-state index is 0.882. The van der Waals surface area contributed by atoms with Crippen LogP contribution in [0.2, 0.25) is 0 Å². The standard InChI is InChI=1S/C39H26N2/c1-2-10-27(11-3-1)28-19-21-30(22-20-28)41(38-18-6-7-25-40-38)31-13-8-12-29(26-31)32-23-24-37-34-15-5-4-14-33(34)36-17-9-16-35(32)39(36)37/h1-26H. The third-order valence-corrected chi connectivity index (χ3v) is 8.07. The van der Waals surface area contributed by atoms with E-state index in [1.165, 1.54) is 55.3 Å². The molecule has 0 bridgehead atoms. The number of pyridine rings is 1. The van der Waals surface area contributed by atoms with E-state index in [0.29, 0.717) is 0 Å². The molecule has 0 N–H and O–H groups in total. The van der Waals surface area contributed by atoms with E-state index in [1.54, 1.807) is 0 Å². The summed E-state index contributed by atoms with van der Waals surface area (Å²) in [5.41, 5.74) is 12.2. The molecule has 192 valence electrons. The van der Waals surface area contributed by atoms with Crippen LogP contribution in [0.15, 0.2) is 158 Å². The van der Waals surface area contributed by atoms with Crippen LogP contribution < -0.4 is 4.90 Å². The smallest absolute Gasteiger partial charge is 0.137 e. The Morgan fingerprint density at radius 3 is 1.80 bits per heavy atom. The summed E-state index contributed by atoms with van der Waals surface area (Å²) in [4.78, 5) is 6.98. The fourth-order valence-corrected chi connectivity index (χ4v) is 6.21. The van der Waals surface area contributed by atoms with Gasteiger partial charge in [0.05, 0.1) is 0 Å². The summed E-state index contributed by atoms with van der Waals surface area (Å²) in [7, 11) is 0. The van der Waals surface area contributed by atoms with Crippen molar-refractivity contribution in [3.8, 4) is 44.5 Å². The second-order valence-corrected chi connectivity index (χ2v) is 10.4. The van der Waals surface area contributed by atoms with Crippen molar-refractivity contribution in [3.05, 3.63) is 158 Å². The van der Waals surface area contributed by atoms with Crippen LogP contribution >= 0.6 is 0 Å². The third-order valence-electron chi connectivity index (χ3n) is 8.07. The number of hydrogen-bond donors (Lipinski definition) is 0. The Labute approximate surface area is 239 Å². The second kappa shape index (κ2) is 9.62. The molecular weight excluding hydrogens is 496 g/mol. The molecule has 8 rings (SSSR count). The minimum absolute atomic E-state index is 0.882. The lowest BCUT2D eigenvalue weighted by Crippen LogP contribution is -2.11. The van der Waals surface area contributed by atoms with Crippen molar-refractivity contribution in [2.45, 2.75) is 0 Å². The molecule has 2 nitrogen and oxygen atoms in total. The average molecular weight is 523 g/mol.